The van der Waals surface area contributed by atoms with Gasteiger partial charge in [-0.15, -0.1) is 0 Å². The van der Waals surface area contributed by atoms with Crippen LogP contribution in [-0.4, -0.2) is 47.8 Å². The summed E-state index contributed by atoms with van der Waals surface area (Å²) < 4.78 is 0. The van der Waals surface area contributed by atoms with Crippen molar-refractivity contribution in [1.82, 2.24) is 15.5 Å². The van der Waals surface area contributed by atoms with Gasteiger partial charge >= 0.3 is 0 Å². The van der Waals surface area contributed by atoms with Gasteiger partial charge in [0, 0.05) is 30.3 Å². The van der Waals surface area contributed by atoms with Crippen LogP contribution in [0.5, 0.6) is 0 Å². The molecule has 0 unspecified atom stereocenters. The monoisotopic (exact) mass is 449 g/mol. The Morgan fingerprint density at radius 3 is 2.21 bits per heavy atom. The molecule has 1 heterocycles. The molecule has 2 atom stereocenters. The number of carbonyl (C=O) groups is 3. The average Bonchev–Trinajstić information content (AvgIpc) is 2.82. The van der Waals surface area contributed by atoms with Gasteiger partial charge in [0.05, 0.1) is 0 Å². The smallest absolute Gasteiger partial charge is 0.254 e. The van der Waals surface area contributed by atoms with Gasteiger partial charge in [0.25, 0.3) is 11.8 Å². The van der Waals surface area contributed by atoms with Crippen molar-refractivity contribution < 1.29 is 14.4 Å². The van der Waals surface area contributed by atoms with Gasteiger partial charge in [-0.25, -0.2) is 0 Å². The first-order valence-electron chi connectivity index (χ1n) is 11.8. The van der Waals surface area contributed by atoms with Gasteiger partial charge in [-0.1, -0.05) is 42.8 Å². The Bertz CT molecular complexity index is 978. The van der Waals surface area contributed by atoms with E-state index in [1.807, 2.05) is 69.0 Å². The summed E-state index contributed by atoms with van der Waals surface area (Å²) in [5.41, 5.74) is 3.29. The van der Waals surface area contributed by atoms with Gasteiger partial charge in [0.15, 0.2) is 0 Å². The van der Waals surface area contributed by atoms with Crippen LogP contribution in [0.3, 0.4) is 0 Å². The van der Waals surface area contributed by atoms with Gasteiger partial charge in [-0.05, 0) is 69.7 Å². The molecular weight excluding hydrogens is 414 g/mol. The molecule has 3 amide bonds. The van der Waals surface area contributed by atoms with Crippen LogP contribution >= 0.6 is 0 Å². The third-order valence-electron chi connectivity index (χ3n) is 6.56. The lowest BCUT2D eigenvalue weighted by Crippen LogP contribution is -2.55. The second-order valence-electron chi connectivity index (χ2n) is 9.08. The molecule has 3 rings (SSSR count). The topological polar surface area (TPSA) is 78.5 Å². The molecule has 6 nitrogen and oxygen atoms in total. The Hall–Kier alpha value is -3.15. The molecule has 6 heteroatoms. The molecular formula is C27H35N3O3. The number of hydrogen-bond donors (Lipinski definition) is 2. The summed E-state index contributed by atoms with van der Waals surface area (Å²) in [5, 5.41) is 6.01. The zero-order valence-electron chi connectivity index (χ0n) is 20.1. The van der Waals surface area contributed by atoms with E-state index >= 15 is 0 Å². The van der Waals surface area contributed by atoms with Crippen LogP contribution < -0.4 is 10.6 Å². The summed E-state index contributed by atoms with van der Waals surface area (Å²) in [7, 11) is 0. The minimum atomic E-state index is -0.636. The second kappa shape index (κ2) is 11.1. The lowest BCUT2D eigenvalue weighted by Gasteiger charge is -2.36. The molecule has 1 saturated heterocycles. The zero-order chi connectivity index (χ0) is 24.0. The highest BCUT2D eigenvalue weighted by atomic mass is 16.2. The molecule has 0 radical (unpaired) electrons. The number of carbonyl (C=O) groups excluding carboxylic acids is 3. The fourth-order valence-corrected chi connectivity index (χ4v) is 4.18. The number of rotatable bonds is 7. The van der Waals surface area contributed by atoms with E-state index in [-0.39, 0.29) is 29.7 Å². The third kappa shape index (κ3) is 6.21. The fraction of sp³-hybridized carbons (Fsp3) is 0.444. The lowest BCUT2D eigenvalue weighted by atomic mass is 9.88. The maximum Gasteiger partial charge on any atom is 0.254 e. The highest BCUT2D eigenvalue weighted by molar-refractivity contribution is 5.98. The van der Waals surface area contributed by atoms with Crippen molar-refractivity contribution in [3.8, 4) is 0 Å². The average molecular weight is 450 g/mol. The first-order valence-corrected chi connectivity index (χ1v) is 11.8. The van der Waals surface area contributed by atoms with E-state index < -0.39 is 6.04 Å². The normalized spacial score (nSPS) is 16.1. The number of nitrogens with one attached hydrogen (secondary N) is 2. The Morgan fingerprint density at radius 1 is 0.970 bits per heavy atom. The summed E-state index contributed by atoms with van der Waals surface area (Å²) in [6.07, 6.45) is 2.13. The van der Waals surface area contributed by atoms with E-state index in [0.717, 1.165) is 23.1 Å². The third-order valence-corrected chi connectivity index (χ3v) is 6.56. The van der Waals surface area contributed by atoms with Crippen LogP contribution in [0.1, 0.15) is 65.0 Å². The molecule has 2 aromatic carbocycles. The van der Waals surface area contributed by atoms with Crippen molar-refractivity contribution in [2.75, 3.05) is 13.1 Å². The standard InChI is InChI=1S/C27H35N3O3/c1-5-20(4)28-26(32)24(29-25(31)22-12-10-18(2)11-13-22)21-14-16-30(17-15-21)27(33)23-9-7-6-8-19(23)3/h6-13,20-21,24H,5,14-17H2,1-4H3,(H,28,32)(H,29,31)/t20-,24-/m0/s1. The molecule has 1 fully saturated rings. The lowest BCUT2D eigenvalue weighted by molar-refractivity contribution is -0.125. The minimum absolute atomic E-state index is 0.0239. The molecule has 0 aliphatic carbocycles. The van der Waals surface area contributed by atoms with Gasteiger partial charge in [-0.2, -0.15) is 0 Å². The van der Waals surface area contributed by atoms with E-state index in [1.165, 1.54) is 0 Å². The van der Waals surface area contributed by atoms with Gasteiger partial charge in [0.2, 0.25) is 5.91 Å². The SMILES string of the molecule is CC[C@H](C)NC(=O)[C@@H](NC(=O)c1ccc(C)cc1)C1CCN(C(=O)c2ccccc2C)CC1. The van der Waals surface area contributed by atoms with Crippen molar-refractivity contribution in [1.29, 1.82) is 0 Å². The molecule has 176 valence electrons. The minimum Gasteiger partial charge on any atom is -0.352 e. The molecule has 33 heavy (non-hydrogen) atoms. The molecule has 2 aromatic rings. The predicted molar refractivity (Wildman–Crippen MR) is 130 cm³/mol. The number of aryl methyl sites for hydroxylation is 2. The number of nitrogens with zero attached hydrogens (tertiary/aromatic N) is 1. The first kappa shape index (κ1) is 24.5. The maximum absolute atomic E-state index is 13.1. The molecule has 0 bridgehead atoms. The Labute approximate surface area is 196 Å². The van der Waals surface area contributed by atoms with Crippen LogP contribution in [-0.2, 0) is 4.79 Å². The number of hydrogen-bond acceptors (Lipinski definition) is 3. The quantitative estimate of drug-likeness (QED) is 0.674. The number of likely N-dealkylation sites (tertiary alicyclic amines) is 1. The summed E-state index contributed by atoms with van der Waals surface area (Å²) in [4.78, 5) is 40.9. The van der Waals surface area contributed by atoms with Crippen molar-refractivity contribution in [2.45, 2.75) is 59.0 Å². The van der Waals surface area contributed by atoms with Crippen molar-refractivity contribution >= 4 is 17.7 Å². The molecule has 0 aromatic heterocycles. The summed E-state index contributed by atoms with van der Waals surface area (Å²) in [6, 6.07) is 14.3. The predicted octanol–water partition coefficient (Wildman–Crippen LogP) is 3.87. The van der Waals surface area contributed by atoms with E-state index in [0.29, 0.717) is 31.5 Å². The molecule has 1 aliphatic rings. The number of benzene rings is 2. The highest BCUT2D eigenvalue weighted by Gasteiger charge is 2.34. The largest absolute Gasteiger partial charge is 0.352 e. The Kier molecular flexibility index (Phi) is 8.26. The van der Waals surface area contributed by atoms with Crippen LogP contribution in [0.25, 0.3) is 0 Å². The van der Waals surface area contributed by atoms with E-state index in [1.54, 1.807) is 12.1 Å². The summed E-state index contributed by atoms with van der Waals surface area (Å²) >= 11 is 0. The second-order valence-corrected chi connectivity index (χ2v) is 9.08. The van der Waals surface area contributed by atoms with Crippen LogP contribution in [0.2, 0.25) is 0 Å². The van der Waals surface area contributed by atoms with Crippen LogP contribution in [0, 0.1) is 19.8 Å². The van der Waals surface area contributed by atoms with Crippen molar-refractivity contribution in [3.63, 3.8) is 0 Å². The van der Waals surface area contributed by atoms with E-state index in [9.17, 15) is 14.4 Å². The highest BCUT2D eigenvalue weighted by Crippen LogP contribution is 2.24. The fourth-order valence-electron chi connectivity index (χ4n) is 4.18. The first-order chi connectivity index (χ1) is 15.8. The van der Waals surface area contributed by atoms with Crippen molar-refractivity contribution in [2.24, 2.45) is 5.92 Å². The van der Waals surface area contributed by atoms with E-state index in [4.69, 9.17) is 0 Å². The summed E-state index contributed by atoms with van der Waals surface area (Å²) in [5.74, 6) is -0.425. The number of piperidine rings is 1. The maximum atomic E-state index is 13.1. The van der Waals surface area contributed by atoms with Crippen molar-refractivity contribution in [3.05, 3.63) is 70.8 Å². The van der Waals surface area contributed by atoms with Crippen LogP contribution in [0.15, 0.2) is 48.5 Å². The molecule has 0 spiro atoms. The van der Waals surface area contributed by atoms with Gasteiger partial charge in [0.1, 0.15) is 6.04 Å². The Balaban J connectivity index is 1.71. The summed E-state index contributed by atoms with van der Waals surface area (Å²) in [6.45, 7) is 9.00. The van der Waals surface area contributed by atoms with E-state index in [2.05, 4.69) is 10.6 Å². The van der Waals surface area contributed by atoms with Gasteiger partial charge < -0.3 is 15.5 Å². The zero-order valence-corrected chi connectivity index (χ0v) is 20.1. The Morgan fingerprint density at radius 2 is 1.61 bits per heavy atom. The van der Waals surface area contributed by atoms with Crippen LogP contribution in [0.4, 0.5) is 0 Å². The molecule has 2 N–H and O–H groups in total. The molecule has 0 saturated carbocycles. The molecule has 1 aliphatic heterocycles. The van der Waals surface area contributed by atoms with Gasteiger partial charge in [-0.3, -0.25) is 14.4 Å². The number of amides is 3.